The fourth-order valence-corrected chi connectivity index (χ4v) is 1.97. The van der Waals surface area contributed by atoms with Crippen molar-refractivity contribution in [1.82, 2.24) is 0 Å². The Morgan fingerprint density at radius 1 is 1.54 bits per heavy atom. The van der Waals surface area contributed by atoms with Gasteiger partial charge in [0.05, 0.1) is 6.54 Å². The van der Waals surface area contributed by atoms with Crippen LogP contribution in [0.2, 0.25) is 0 Å². The largest absolute Gasteiger partial charge is 0.464 e. The number of ether oxygens (including phenoxy) is 1. The lowest BCUT2D eigenvalue weighted by atomic mass is 10.7. The Morgan fingerprint density at radius 3 is 2.46 bits per heavy atom. The first-order valence-corrected chi connectivity index (χ1v) is 6.55. The van der Waals surface area contributed by atoms with E-state index in [1.165, 1.54) is 0 Å². The van der Waals surface area contributed by atoms with Crippen molar-refractivity contribution in [3.8, 4) is 0 Å². The van der Waals surface area contributed by atoms with Crippen LogP contribution in [0.3, 0.4) is 0 Å². The van der Waals surface area contributed by atoms with Gasteiger partial charge in [-0.2, -0.15) is 0 Å². The second-order valence-electron chi connectivity index (χ2n) is 1.95. The molecule has 5 nitrogen and oxygen atoms in total. The molecule has 0 aliphatic rings. The van der Waals surface area contributed by atoms with Crippen molar-refractivity contribution in [3.63, 3.8) is 0 Å². The first-order chi connectivity index (χ1) is 5.45. The number of carbonyl (C=O) groups excluding carboxylic acids is 1. The van der Waals surface area contributed by atoms with E-state index in [-0.39, 0.29) is 31.3 Å². The highest BCUT2D eigenvalue weighted by molar-refractivity contribution is 8.71. The summed E-state index contributed by atoms with van der Waals surface area (Å²) in [6.07, 6.45) is 1.10. The Balaban J connectivity index is 0. The molecule has 0 bridgehead atoms. The van der Waals surface area contributed by atoms with E-state index in [0.29, 0.717) is 0 Å². The monoisotopic (exact) mass is 249 g/mol. The highest BCUT2D eigenvalue weighted by atomic mass is 35.5. The molecular weight excluding hydrogens is 238 g/mol. The third kappa shape index (κ3) is 12.0. The molecule has 0 aromatic rings. The van der Waals surface area contributed by atoms with Crippen molar-refractivity contribution in [2.75, 3.05) is 25.2 Å². The molecule has 0 fully saturated rings. The van der Waals surface area contributed by atoms with Gasteiger partial charge in [-0.25, -0.2) is 8.42 Å². The van der Waals surface area contributed by atoms with Crippen LogP contribution in [0, 0.1) is 0 Å². The van der Waals surface area contributed by atoms with E-state index < -0.39 is 14.8 Å². The molecule has 0 aliphatic heterocycles. The Hall–Kier alpha value is 0.0200. The quantitative estimate of drug-likeness (QED) is 0.406. The summed E-state index contributed by atoms with van der Waals surface area (Å²) in [7, 11) is -2.29. The summed E-state index contributed by atoms with van der Waals surface area (Å²) in [6, 6.07) is 0. The molecule has 0 spiro atoms. The molecule has 0 aliphatic carbocycles. The number of rotatable bonds is 5. The summed E-state index contributed by atoms with van der Waals surface area (Å²) in [4.78, 5) is 10.4. The molecular formula is C5H12ClNO4S2. The van der Waals surface area contributed by atoms with Gasteiger partial charge >= 0.3 is 5.97 Å². The van der Waals surface area contributed by atoms with Crippen molar-refractivity contribution >= 4 is 38.0 Å². The van der Waals surface area contributed by atoms with Crippen LogP contribution in [0.4, 0.5) is 0 Å². The Morgan fingerprint density at radius 2 is 2.08 bits per heavy atom. The number of nitrogens with two attached hydrogens (primary N) is 1. The van der Waals surface area contributed by atoms with Crippen molar-refractivity contribution in [3.05, 3.63) is 0 Å². The minimum atomic E-state index is -3.03. The molecule has 0 rings (SSSR count). The fraction of sp³-hybridized carbons (Fsp3) is 0.800. The predicted octanol–water partition coefficient (Wildman–Crippen LogP) is -0.397. The molecule has 0 aromatic heterocycles. The van der Waals surface area contributed by atoms with Crippen LogP contribution in [0.5, 0.6) is 0 Å². The highest BCUT2D eigenvalue weighted by Crippen LogP contribution is 2.08. The normalized spacial score (nSPS) is 10.3. The molecule has 80 valence electrons. The van der Waals surface area contributed by atoms with Crippen LogP contribution in [-0.4, -0.2) is 39.5 Å². The predicted molar refractivity (Wildman–Crippen MR) is 54.6 cm³/mol. The van der Waals surface area contributed by atoms with Gasteiger partial charge in [0.15, 0.2) is 8.87 Å². The zero-order chi connectivity index (χ0) is 9.61. The second kappa shape index (κ2) is 7.43. The molecule has 13 heavy (non-hydrogen) atoms. The molecule has 0 amide bonds. The summed E-state index contributed by atoms with van der Waals surface area (Å²) in [5.41, 5.74) is 4.94. The van der Waals surface area contributed by atoms with Gasteiger partial charge in [-0.15, -0.1) is 12.4 Å². The first kappa shape index (κ1) is 15.5. The van der Waals surface area contributed by atoms with Gasteiger partial charge in [0.1, 0.15) is 6.61 Å². The molecule has 0 aromatic carbocycles. The molecule has 0 unspecified atom stereocenters. The van der Waals surface area contributed by atoms with Gasteiger partial charge in [-0.1, -0.05) is 0 Å². The van der Waals surface area contributed by atoms with Gasteiger partial charge < -0.3 is 10.5 Å². The van der Waals surface area contributed by atoms with Crippen LogP contribution in [0.25, 0.3) is 0 Å². The van der Waals surface area contributed by atoms with Crippen molar-refractivity contribution in [2.45, 2.75) is 0 Å². The van der Waals surface area contributed by atoms with E-state index in [4.69, 9.17) is 5.73 Å². The van der Waals surface area contributed by atoms with Crippen LogP contribution >= 0.6 is 23.2 Å². The summed E-state index contributed by atoms with van der Waals surface area (Å²) in [5.74, 6) is -0.283. The number of hydrogen-bond donors (Lipinski definition) is 1. The van der Waals surface area contributed by atoms with Crippen molar-refractivity contribution in [2.24, 2.45) is 5.73 Å². The third-order valence-electron chi connectivity index (χ3n) is 0.810. The van der Waals surface area contributed by atoms with Gasteiger partial charge in [0.2, 0.25) is 0 Å². The van der Waals surface area contributed by atoms with Crippen molar-refractivity contribution in [1.29, 1.82) is 0 Å². The van der Waals surface area contributed by atoms with Crippen LogP contribution in [0.15, 0.2) is 0 Å². The standard InChI is InChI=1S/C5H11NO4S2.ClH/c1-12(8,9)11-3-2-10-5(7)4-6;/h2-4,6H2,1H3;1H. The van der Waals surface area contributed by atoms with E-state index in [1.807, 2.05) is 0 Å². The average Bonchev–Trinajstić information content (AvgIpc) is 1.96. The fourth-order valence-electron chi connectivity index (χ4n) is 0.400. The third-order valence-corrected chi connectivity index (χ3v) is 3.36. The van der Waals surface area contributed by atoms with E-state index in [1.54, 1.807) is 0 Å². The Kier molecular flexibility index (Phi) is 8.85. The lowest BCUT2D eigenvalue weighted by Gasteiger charge is -2.00. The van der Waals surface area contributed by atoms with Crippen LogP contribution < -0.4 is 5.73 Å². The minimum Gasteiger partial charge on any atom is -0.464 e. The SMILES string of the molecule is CS(=O)(=O)SCCOC(=O)CN.Cl. The Bertz CT molecular complexity index is 241. The van der Waals surface area contributed by atoms with E-state index >= 15 is 0 Å². The summed E-state index contributed by atoms with van der Waals surface area (Å²) >= 11 is 0. The smallest absolute Gasteiger partial charge is 0.319 e. The molecule has 0 saturated heterocycles. The minimum absolute atomic E-state index is 0. The van der Waals surface area contributed by atoms with Gasteiger partial charge in [-0.3, -0.25) is 4.79 Å². The lowest BCUT2D eigenvalue weighted by molar-refractivity contribution is -0.141. The van der Waals surface area contributed by atoms with Gasteiger partial charge in [0, 0.05) is 12.0 Å². The molecule has 2 N–H and O–H groups in total. The average molecular weight is 250 g/mol. The van der Waals surface area contributed by atoms with Crippen LogP contribution in [0.1, 0.15) is 0 Å². The summed E-state index contributed by atoms with van der Waals surface area (Å²) in [6.45, 7) is -0.0999. The molecule has 0 atom stereocenters. The van der Waals surface area contributed by atoms with Gasteiger partial charge in [0.25, 0.3) is 0 Å². The number of hydrogen-bond acceptors (Lipinski definition) is 6. The lowest BCUT2D eigenvalue weighted by Crippen LogP contribution is -2.18. The van der Waals surface area contributed by atoms with Crippen molar-refractivity contribution < 1.29 is 17.9 Å². The van der Waals surface area contributed by atoms with E-state index in [9.17, 15) is 13.2 Å². The van der Waals surface area contributed by atoms with Crippen LogP contribution in [-0.2, 0) is 18.4 Å². The number of esters is 1. The summed E-state index contributed by atoms with van der Waals surface area (Å²) < 4.78 is 25.6. The molecule has 8 heteroatoms. The maximum Gasteiger partial charge on any atom is 0.319 e. The maximum atomic E-state index is 10.5. The van der Waals surface area contributed by atoms with E-state index in [2.05, 4.69) is 4.74 Å². The molecule has 0 heterocycles. The van der Waals surface area contributed by atoms with E-state index in [0.717, 1.165) is 17.0 Å². The first-order valence-electron chi connectivity index (χ1n) is 3.16. The zero-order valence-corrected chi connectivity index (χ0v) is 9.51. The molecule has 0 radical (unpaired) electrons. The Labute approximate surface area is 87.1 Å². The number of carbonyl (C=O) groups is 1. The van der Waals surface area contributed by atoms with Gasteiger partial charge in [-0.05, 0) is 10.8 Å². The highest BCUT2D eigenvalue weighted by Gasteiger charge is 2.03. The number of halogens is 1. The summed E-state index contributed by atoms with van der Waals surface area (Å²) in [5, 5.41) is 0. The molecule has 0 saturated carbocycles. The zero-order valence-electron chi connectivity index (χ0n) is 7.06. The second-order valence-corrected chi connectivity index (χ2v) is 6.53. The topological polar surface area (TPSA) is 86.5 Å². The maximum absolute atomic E-state index is 10.5.